The minimum atomic E-state index is -2.80. The van der Waals surface area contributed by atoms with Crippen molar-refractivity contribution in [1.82, 2.24) is 20.4 Å². The lowest BCUT2D eigenvalue weighted by Gasteiger charge is -2.38. The SMILES string of the molecule is CC(C(=O)NC1CCCC1)N1CCN(C(=O)C2CC(F)(F)CN2)CC1.Cl.Cl. The van der Waals surface area contributed by atoms with E-state index >= 15 is 0 Å². The maximum Gasteiger partial charge on any atom is 0.262 e. The van der Waals surface area contributed by atoms with E-state index in [-0.39, 0.29) is 42.7 Å². The van der Waals surface area contributed by atoms with Crippen molar-refractivity contribution >= 4 is 36.6 Å². The molecule has 0 aromatic rings. The summed E-state index contributed by atoms with van der Waals surface area (Å²) in [6.45, 7) is 3.60. The third kappa shape index (κ3) is 6.14. The van der Waals surface area contributed by atoms with Gasteiger partial charge in [0.25, 0.3) is 5.92 Å². The van der Waals surface area contributed by atoms with Crippen LogP contribution in [0.4, 0.5) is 8.78 Å². The molecule has 0 bridgehead atoms. The van der Waals surface area contributed by atoms with Crippen LogP contribution in [-0.2, 0) is 9.59 Å². The van der Waals surface area contributed by atoms with Crippen LogP contribution in [0.15, 0.2) is 0 Å². The quantitative estimate of drug-likeness (QED) is 0.707. The Labute approximate surface area is 171 Å². The normalized spacial score (nSPS) is 26.8. The number of hydrogen-bond acceptors (Lipinski definition) is 4. The van der Waals surface area contributed by atoms with Gasteiger partial charge in [-0.1, -0.05) is 12.8 Å². The first-order chi connectivity index (χ1) is 11.9. The molecule has 3 fully saturated rings. The molecule has 2 atom stereocenters. The van der Waals surface area contributed by atoms with E-state index in [2.05, 4.69) is 15.5 Å². The summed E-state index contributed by atoms with van der Waals surface area (Å²) in [7, 11) is 0. The summed E-state index contributed by atoms with van der Waals surface area (Å²) in [6.07, 6.45) is 4.04. The fourth-order valence-corrected chi connectivity index (χ4v) is 4.00. The highest BCUT2D eigenvalue weighted by Gasteiger charge is 2.44. The van der Waals surface area contributed by atoms with Crippen LogP contribution in [0.1, 0.15) is 39.0 Å². The van der Waals surface area contributed by atoms with Gasteiger partial charge in [-0.2, -0.15) is 0 Å². The number of hydrogen-bond donors (Lipinski definition) is 2. The molecule has 2 saturated heterocycles. The summed E-state index contributed by atoms with van der Waals surface area (Å²) in [5, 5.41) is 5.73. The summed E-state index contributed by atoms with van der Waals surface area (Å²) in [4.78, 5) is 28.4. The first-order valence-electron chi connectivity index (χ1n) is 9.30. The predicted octanol–water partition coefficient (Wildman–Crippen LogP) is 1.42. The molecule has 2 N–H and O–H groups in total. The molecule has 1 aliphatic carbocycles. The van der Waals surface area contributed by atoms with Crippen LogP contribution in [0.25, 0.3) is 0 Å². The first kappa shape index (κ1) is 24.3. The maximum absolute atomic E-state index is 13.3. The van der Waals surface area contributed by atoms with Crippen LogP contribution in [0.3, 0.4) is 0 Å². The average Bonchev–Trinajstić information content (AvgIpc) is 3.22. The van der Waals surface area contributed by atoms with Crippen molar-refractivity contribution in [2.45, 2.75) is 63.1 Å². The molecule has 2 amide bonds. The molecule has 27 heavy (non-hydrogen) atoms. The fourth-order valence-electron chi connectivity index (χ4n) is 4.00. The van der Waals surface area contributed by atoms with E-state index in [1.807, 2.05) is 6.92 Å². The van der Waals surface area contributed by atoms with Crippen LogP contribution < -0.4 is 10.6 Å². The van der Waals surface area contributed by atoms with Gasteiger partial charge in [0.15, 0.2) is 0 Å². The van der Waals surface area contributed by atoms with Gasteiger partial charge in [-0.25, -0.2) is 8.78 Å². The molecule has 0 aromatic carbocycles. The van der Waals surface area contributed by atoms with Crippen molar-refractivity contribution in [1.29, 1.82) is 0 Å². The van der Waals surface area contributed by atoms with E-state index in [0.29, 0.717) is 32.2 Å². The van der Waals surface area contributed by atoms with Gasteiger partial charge in [0.05, 0.1) is 18.6 Å². The van der Waals surface area contributed by atoms with Gasteiger partial charge in [0.2, 0.25) is 11.8 Å². The van der Waals surface area contributed by atoms with Gasteiger partial charge in [0, 0.05) is 38.6 Å². The number of rotatable bonds is 4. The summed E-state index contributed by atoms with van der Waals surface area (Å²) in [5.41, 5.74) is 0. The van der Waals surface area contributed by atoms with E-state index in [0.717, 1.165) is 12.8 Å². The second-order valence-electron chi connectivity index (χ2n) is 7.52. The Kier molecular flexibility index (Phi) is 9.18. The summed E-state index contributed by atoms with van der Waals surface area (Å²) in [5.74, 6) is -3.00. The average molecular weight is 431 g/mol. The molecular formula is C17H30Cl2F2N4O2. The Hall–Kier alpha value is -0.700. The van der Waals surface area contributed by atoms with E-state index in [1.165, 1.54) is 12.8 Å². The van der Waals surface area contributed by atoms with Crippen LogP contribution in [0.2, 0.25) is 0 Å². The van der Waals surface area contributed by atoms with Crippen molar-refractivity contribution in [2.75, 3.05) is 32.7 Å². The first-order valence-corrected chi connectivity index (χ1v) is 9.30. The molecule has 0 radical (unpaired) electrons. The number of carbonyl (C=O) groups excluding carboxylic acids is 2. The zero-order valence-corrected chi connectivity index (χ0v) is 17.2. The molecule has 10 heteroatoms. The number of halogens is 4. The molecule has 0 aromatic heterocycles. The van der Waals surface area contributed by atoms with E-state index in [9.17, 15) is 18.4 Å². The second-order valence-corrected chi connectivity index (χ2v) is 7.52. The second kappa shape index (κ2) is 10.2. The number of amides is 2. The van der Waals surface area contributed by atoms with Gasteiger partial charge < -0.3 is 10.2 Å². The topological polar surface area (TPSA) is 64.7 Å². The van der Waals surface area contributed by atoms with E-state index in [1.54, 1.807) is 4.90 Å². The highest BCUT2D eigenvalue weighted by molar-refractivity contribution is 5.85. The lowest BCUT2D eigenvalue weighted by atomic mass is 10.1. The largest absolute Gasteiger partial charge is 0.352 e. The molecule has 2 aliphatic heterocycles. The van der Waals surface area contributed by atoms with Crippen molar-refractivity contribution in [2.24, 2.45) is 0 Å². The fraction of sp³-hybridized carbons (Fsp3) is 0.882. The van der Waals surface area contributed by atoms with Crippen LogP contribution >= 0.6 is 24.8 Å². The number of alkyl halides is 2. The summed E-state index contributed by atoms with van der Waals surface area (Å²) in [6, 6.07) is -0.718. The van der Waals surface area contributed by atoms with Gasteiger partial charge in [-0.05, 0) is 19.8 Å². The molecule has 2 heterocycles. The van der Waals surface area contributed by atoms with Crippen LogP contribution in [-0.4, -0.2) is 78.4 Å². The number of nitrogens with one attached hydrogen (secondary N) is 2. The Morgan fingerprint density at radius 2 is 1.70 bits per heavy atom. The van der Waals surface area contributed by atoms with Crippen LogP contribution in [0.5, 0.6) is 0 Å². The lowest BCUT2D eigenvalue weighted by Crippen LogP contribution is -2.57. The third-order valence-corrected chi connectivity index (χ3v) is 5.66. The van der Waals surface area contributed by atoms with Gasteiger partial charge in [-0.3, -0.25) is 19.8 Å². The molecule has 6 nitrogen and oxygen atoms in total. The smallest absolute Gasteiger partial charge is 0.262 e. The van der Waals surface area contributed by atoms with Gasteiger partial charge in [-0.15, -0.1) is 24.8 Å². The highest BCUT2D eigenvalue weighted by Crippen LogP contribution is 2.26. The zero-order valence-electron chi connectivity index (χ0n) is 15.6. The molecule has 158 valence electrons. The van der Waals surface area contributed by atoms with Crippen molar-refractivity contribution in [3.8, 4) is 0 Å². The number of nitrogens with zero attached hydrogens (tertiary/aromatic N) is 2. The van der Waals surface area contributed by atoms with E-state index in [4.69, 9.17) is 0 Å². The minimum Gasteiger partial charge on any atom is -0.352 e. The predicted molar refractivity (Wildman–Crippen MR) is 104 cm³/mol. The molecule has 3 aliphatic rings. The van der Waals surface area contributed by atoms with Gasteiger partial charge in [0.1, 0.15) is 0 Å². The Morgan fingerprint density at radius 3 is 2.22 bits per heavy atom. The Morgan fingerprint density at radius 1 is 1.11 bits per heavy atom. The number of carbonyl (C=O) groups is 2. The molecule has 1 saturated carbocycles. The Balaban J connectivity index is 0.00000182. The summed E-state index contributed by atoms with van der Waals surface area (Å²) >= 11 is 0. The van der Waals surface area contributed by atoms with Crippen LogP contribution in [0, 0.1) is 0 Å². The molecule has 0 spiro atoms. The minimum absolute atomic E-state index is 0. The third-order valence-electron chi connectivity index (χ3n) is 5.66. The standard InChI is InChI=1S/C17H28F2N4O2.2ClH/c1-12(15(24)21-13-4-2-3-5-13)22-6-8-23(9-7-22)16(25)14-10-17(18,19)11-20-14;;/h12-14,20H,2-11H2,1H3,(H,21,24);2*1H. The summed E-state index contributed by atoms with van der Waals surface area (Å²) < 4.78 is 26.5. The van der Waals surface area contributed by atoms with Crippen molar-refractivity contribution in [3.63, 3.8) is 0 Å². The molecule has 2 unspecified atom stereocenters. The van der Waals surface area contributed by atoms with E-state index < -0.39 is 24.9 Å². The van der Waals surface area contributed by atoms with Crippen molar-refractivity contribution < 1.29 is 18.4 Å². The number of piperazine rings is 1. The molecule has 3 rings (SSSR count). The van der Waals surface area contributed by atoms with Gasteiger partial charge >= 0.3 is 0 Å². The molecular weight excluding hydrogens is 401 g/mol. The monoisotopic (exact) mass is 430 g/mol. The highest BCUT2D eigenvalue weighted by atomic mass is 35.5. The van der Waals surface area contributed by atoms with Crippen molar-refractivity contribution in [3.05, 3.63) is 0 Å². The zero-order chi connectivity index (χ0) is 18.0. The maximum atomic E-state index is 13.3. The Bertz CT molecular complexity index is 513. The lowest BCUT2D eigenvalue weighted by molar-refractivity contribution is -0.136.